The molecule has 0 aliphatic rings. The van der Waals surface area contributed by atoms with E-state index in [0.717, 1.165) is 10.8 Å². The summed E-state index contributed by atoms with van der Waals surface area (Å²) in [7, 11) is 0.888. The van der Waals surface area contributed by atoms with E-state index < -0.39 is 25.2 Å². The number of H-pyrrole nitrogens is 1. The number of nitrogens with one attached hydrogen (secondary N) is 1. The Balaban J connectivity index is 3.45. The molecule has 0 radical (unpaired) electrons. The lowest BCUT2D eigenvalue weighted by atomic mass is 10.5. The molecule has 0 amide bonds. The molecule has 0 aliphatic carbocycles. The lowest BCUT2D eigenvalue weighted by Crippen LogP contribution is -2.31. The van der Waals surface area contributed by atoms with Gasteiger partial charge in [-0.15, -0.1) is 0 Å². The van der Waals surface area contributed by atoms with Gasteiger partial charge in [-0.3, -0.25) is 14.3 Å². The molecule has 1 N–H and O–H groups in total. The van der Waals surface area contributed by atoms with Crippen LogP contribution in [-0.2, 0) is 15.6 Å². The van der Waals surface area contributed by atoms with Gasteiger partial charge < -0.3 is 0 Å². The first-order chi connectivity index (χ1) is 7.36. The predicted molar refractivity (Wildman–Crippen MR) is 59.2 cm³/mol. The zero-order chi connectivity index (χ0) is 12.3. The van der Waals surface area contributed by atoms with Crippen LogP contribution in [0.3, 0.4) is 0 Å². The maximum atomic E-state index is 11.3. The van der Waals surface area contributed by atoms with Gasteiger partial charge in [0.05, 0.1) is 0 Å². The highest BCUT2D eigenvalue weighted by atomic mass is 35.7. The van der Waals surface area contributed by atoms with Crippen LogP contribution < -0.4 is 11.2 Å². The van der Waals surface area contributed by atoms with Gasteiger partial charge in [0.25, 0.3) is 14.6 Å². The molecule has 0 saturated carbocycles. The summed E-state index contributed by atoms with van der Waals surface area (Å²) >= 11 is 0. The van der Waals surface area contributed by atoms with Crippen LogP contribution in [0.4, 0.5) is 0 Å². The van der Waals surface area contributed by atoms with Gasteiger partial charge in [0.2, 0.25) is 0 Å². The molecule has 0 unspecified atom stereocenters. The molecule has 1 aromatic heterocycles. The number of rotatable bonds is 3. The van der Waals surface area contributed by atoms with Gasteiger partial charge in [0.15, 0.2) is 4.90 Å². The highest BCUT2D eigenvalue weighted by Gasteiger charge is 2.16. The van der Waals surface area contributed by atoms with E-state index in [2.05, 4.69) is 0 Å². The molecule has 0 atom stereocenters. The lowest BCUT2D eigenvalue weighted by molar-refractivity contribution is 0.603. The normalized spacial score (nSPS) is 12.1. The van der Waals surface area contributed by atoms with Crippen LogP contribution in [-0.4, -0.2) is 18.0 Å². The number of nitrogens with zero attached hydrogens (tertiary/aromatic N) is 1. The van der Waals surface area contributed by atoms with E-state index in [9.17, 15) is 18.0 Å². The number of hydrogen-bond donors (Lipinski definition) is 1. The predicted octanol–water partition coefficient (Wildman–Crippen LogP) is 0.0402. The summed E-state index contributed by atoms with van der Waals surface area (Å²) in [6.07, 6.45) is 4.24. The van der Waals surface area contributed by atoms with Gasteiger partial charge in [-0.05, 0) is 6.92 Å². The molecule has 8 heteroatoms. The van der Waals surface area contributed by atoms with E-state index in [4.69, 9.17) is 10.7 Å². The lowest BCUT2D eigenvalue weighted by Gasteiger charge is -2.02. The van der Waals surface area contributed by atoms with Crippen LogP contribution in [0.15, 0.2) is 32.8 Å². The van der Waals surface area contributed by atoms with Crippen molar-refractivity contribution in [1.82, 2.24) is 9.55 Å². The first-order valence-electron chi connectivity index (χ1n) is 4.26. The van der Waals surface area contributed by atoms with Gasteiger partial charge in [-0.1, -0.05) is 12.2 Å². The van der Waals surface area contributed by atoms with Crippen molar-refractivity contribution in [2.24, 2.45) is 0 Å². The second-order valence-electron chi connectivity index (χ2n) is 2.91. The number of aromatic nitrogens is 2. The fraction of sp³-hybridized carbons (Fsp3) is 0.250. The van der Waals surface area contributed by atoms with Crippen molar-refractivity contribution in [3.05, 3.63) is 39.2 Å². The summed E-state index contributed by atoms with van der Waals surface area (Å²) < 4.78 is 23.0. The minimum Gasteiger partial charge on any atom is -0.295 e. The largest absolute Gasteiger partial charge is 0.328 e. The summed E-state index contributed by atoms with van der Waals surface area (Å²) in [6.45, 7) is 1.90. The van der Waals surface area contributed by atoms with Gasteiger partial charge in [0, 0.05) is 23.4 Å². The van der Waals surface area contributed by atoms with Crippen LogP contribution in [0.1, 0.15) is 6.92 Å². The van der Waals surface area contributed by atoms with Crippen molar-refractivity contribution < 1.29 is 8.42 Å². The Hall–Kier alpha value is -1.34. The summed E-state index contributed by atoms with van der Waals surface area (Å²) in [5.41, 5.74) is -1.70. The Morgan fingerprint density at radius 3 is 2.62 bits per heavy atom. The van der Waals surface area contributed by atoms with Gasteiger partial charge in [0.1, 0.15) is 0 Å². The van der Waals surface area contributed by atoms with E-state index in [-0.39, 0.29) is 6.54 Å². The molecule has 1 rings (SSSR count). The summed E-state index contributed by atoms with van der Waals surface area (Å²) in [5.74, 6) is 0. The smallest absolute Gasteiger partial charge is 0.295 e. The molecule has 1 heterocycles. The summed E-state index contributed by atoms with van der Waals surface area (Å²) in [5, 5.41) is 0. The van der Waals surface area contributed by atoms with Crippen LogP contribution >= 0.6 is 10.7 Å². The average Bonchev–Trinajstić information content (AvgIpc) is 2.14. The maximum absolute atomic E-state index is 11.3. The van der Waals surface area contributed by atoms with Crippen molar-refractivity contribution >= 4 is 19.7 Å². The Morgan fingerprint density at radius 2 is 2.12 bits per heavy atom. The van der Waals surface area contributed by atoms with Gasteiger partial charge in [-0.25, -0.2) is 13.2 Å². The molecule has 0 aliphatic heterocycles. The molecular weight excluding hydrogens is 256 g/mol. The van der Waals surface area contributed by atoms with E-state index >= 15 is 0 Å². The minimum atomic E-state index is -4.15. The molecule has 16 heavy (non-hydrogen) atoms. The van der Waals surface area contributed by atoms with Crippen LogP contribution in [0, 0.1) is 0 Å². The fourth-order valence-corrected chi connectivity index (χ4v) is 1.87. The van der Waals surface area contributed by atoms with Crippen LogP contribution in [0.25, 0.3) is 0 Å². The molecule has 6 nitrogen and oxygen atoms in total. The minimum absolute atomic E-state index is 0.158. The average molecular weight is 265 g/mol. The number of halogens is 1. The standard InChI is InChI=1S/C8H9ClN2O4S/c1-2-3-4-11-5-6(16(9,14)15)7(12)10-8(11)13/h2-3,5H,4H2,1H3,(H,10,12,13)/b3-2+. The second-order valence-corrected chi connectivity index (χ2v) is 5.45. The Bertz CT molecular complexity index is 626. The van der Waals surface area contributed by atoms with Gasteiger partial charge in [-0.2, -0.15) is 0 Å². The topological polar surface area (TPSA) is 89.0 Å². The third-order valence-corrected chi connectivity index (χ3v) is 3.09. The zero-order valence-corrected chi connectivity index (χ0v) is 9.88. The fourth-order valence-electron chi connectivity index (χ4n) is 1.02. The van der Waals surface area contributed by atoms with E-state index in [1.54, 1.807) is 19.1 Å². The Labute approximate surface area is 95.6 Å². The van der Waals surface area contributed by atoms with Crippen molar-refractivity contribution in [3.8, 4) is 0 Å². The molecule has 1 aromatic rings. The highest BCUT2D eigenvalue weighted by molar-refractivity contribution is 8.13. The molecule has 0 saturated heterocycles. The van der Waals surface area contributed by atoms with Crippen LogP contribution in [0.5, 0.6) is 0 Å². The first kappa shape index (κ1) is 12.7. The molecular formula is C8H9ClN2O4S. The monoisotopic (exact) mass is 264 g/mol. The number of hydrogen-bond acceptors (Lipinski definition) is 4. The Morgan fingerprint density at radius 1 is 1.50 bits per heavy atom. The summed E-state index contributed by atoms with van der Waals surface area (Å²) in [4.78, 5) is 23.7. The highest BCUT2D eigenvalue weighted by Crippen LogP contribution is 2.07. The van der Waals surface area contributed by atoms with Crippen LogP contribution in [0.2, 0.25) is 0 Å². The zero-order valence-electron chi connectivity index (χ0n) is 8.31. The van der Waals surface area contributed by atoms with Crippen molar-refractivity contribution in [2.45, 2.75) is 18.4 Å². The number of allylic oxidation sites excluding steroid dienone is 2. The second kappa shape index (κ2) is 4.67. The summed E-state index contributed by atoms with van der Waals surface area (Å²) in [6, 6.07) is 0. The Kier molecular flexibility index (Phi) is 3.71. The van der Waals surface area contributed by atoms with E-state index in [1.807, 2.05) is 4.98 Å². The quantitative estimate of drug-likeness (QED) is 0.617. The third kappa shape index (κ3) is 2.83. The van der Waals surface area contributed by atoms with E-state index in [1.165, 1.54) is 0 Å². The first-order valence-corrected chi connectivity index (χ1v) is 6.56. The maximum Gasteiger partial charge on any atom is 0.328 e. The molecule has 0 aromatic carbocycles. The molecule has 88 valence electrons. The van der Waals surface area contributed by atoms with Crippen molar-refractivity contribution in [3.63, 3.8) is 0 Å². The molecule has 0 fully saturated rings. The SMILES string of the molecule is C/C=C/Cn1cc(S(=O)(=O)Cl)c(=O)[nH]c1=O. The molecule has 0 spiro atoms. The van der Waals surface area contributed by atoms with Crippen molar-refractivity contribution in [1.29, 1.82) is 0 Å². The van der Waals surface area contributed by atoms with Crippen molar-refractivity contribution in [2.75, 3.05) is 0 Å². The molecule has 0 bridgehead atoms. The van der Waals surface area contributed by atoms with Gasteiger partial charge >= 0.3 is 5.69 Å². The number of aromatic amines is 1. The van der Waals surface area contributed by atoms with E-state index in [0.29, 0.717) is 0 Å². The third-order valence-electron chi connectivity index (χ3n) is 1.78.